The number of fused-ring (bicyclic) bond motifs is 1. The van der Waals surface area contributed by atoms with Crippen molar-refractivity contribution < 1.29 is 13.9 Å². The zero-order chi connectivity index (χ0) is 13.4. The normalized spacial score (nSPS) is 17.3. The molecule has 2 aromatic carbocycles. The molecule has 0 spiro atoms. The molecular formula is C17H14O3. The second kappa shape index (κ2) is 4.69. The fourth-order valence-electron chi connectivity index (χ4n) is 2.19. The average Bonchev–Trinajstić information content (AvgIpc) is 3.22. The van der Waals surface area contributed by atoms with E-state index in [9.17, 15) is 0 Å². The molecule has 0 aliphatic carbocycles. The molecule has 100 valence electrons. The van der Waals surface area contributed by atoms with Gasteiger partial charge in [0.25, 0.3) is 0 Å². The van der Waals surface area contributed by atoms with Crippen LogP contribution < -0.4 is 4.74 Å². The summed E-state index contributed by atoms with van der Waals surface area (Å²) >= 11 is 0. The molecule has 1 fully saturated rings. The van der Waals surface area contributed by atoms with Crippen LogP contribution in [0.25, 0.3) is 22.3 Å². The summed E-state index contributed by atoms with van der Waals surface area (Å²) in [5, 5.41) is 1.12. The summed E-state index contributed by atoms with van der Waals surface area (Å²) in [5.41, 5.74) is 1.96. The van der Waals surface area contributed by atoms with Gasteiger partial charge in [0.2, 0.25) is 0 Å². The summed E-state index contributed by atoms with van der Waals surface area (Å²) in [4.78, 5) is 0. The topological polar surface area (TPSA) is 34.9 Å². The van der Waals surface area contributed by atoms with Gasteiger partial charge in [-0.15, -0.1) is 0 Å². The Balaban J connectivity index is 1.57. The summed E-state index contributed by atoms with van der Waals surface area (Å²) in [5.74, 6) is 1.74. The largest absolute Gasteiger partial charge is 0.491 e. The quantitative estimate of drug-likeness (QED) is 0.672. The summed E-state index contributed by atoms with van der Waals surface area (Å²) in [6, 6.07) is 18.0. The Bertz CT molecular complexity index is 690. The first-order valence-corrected chi connectivity index (χ1v) is 6.72. The highest BCUT2D eigenvalue weighted by atomic mass is 16.6. The van der Waals surface area contributed by atoms with Crippen LogP contribution in [0.2, 0.25) is 0 Å². The minimum Gasteiger partial charge on any atom is -0.491 e. The minimum atomic E-state index is 0.282. The number of epoxide rings is 1. The predicted molar refractivity (Wildman–Crippen MR) is 76.9 cm³/mol. The number of furan rings is 1. The van der Waals surface area contributed by atoms with Crippen LogP contribution in [0.5, 0.6) is 5.75 Å². The van der Waals surface area contributed by atoms with Gasteiger partial charge >= 0.3 is 0 Å². The van der Waals surface area contributed by atoms with Gasteiger partial charge in [-0.25, -0.2) is 0 Å². The molecule has 20 heavy (non-hydrogen) atoms. The molecule has 1 aliphatic heterocycles. The fraction of sp³-hybridized carbons (Fsp3) is 0.176. The van der Waals surface area contributed by atoms with Gasteiger partial charge in [0.15, 0.2) is 0 Å². The van der Waals surface area contributed by atoms with Crippen molar-refractivity contribution in [2.75, 3.05) is 13.2 Å². The highest BCUT2D eigenvalue weighted by Crippen LogP contribution is 2.29. The Morgan fingerprint density at radius 2 is 1.85 bits per heavy atom. The van der Waals surface area contributed by atoms with E-state index >= 15 is 0 Å². The van der Waals surface area contributed by atoms with E-state index in [1.807, 2.05) is 42.5 Å². The van der Waals surface area contributed by atoms with Gasteiger partial charge in [-0.2, -0.15) is 0 Å². The number of rotatable bonds is 4. The van der Waals surface area contributed by atoms with E-state index in [0.717, 1.165) is 34.6 Å². The lowest BCUT2D eigenvalue weighted by Gasteiger charge is -2.04. The Morgan fingerprint density at radius 1 is 1.05 bits per heavy atom. The van der Waals surface area contributed by atoms with E-state index in [1.54, 1.807) is 0 Å². The van der Waals surface area contributed by atoms with Crippen molar-refractivity contribution in [1.82, 2.24) is 0 Å². The summed E-state index contributed by atoms with van der Waals surface area (Å²) in [6.45, 7) is 1.45. The maximum Gasteiger partial charge on any atom is 0.135 e. The third kappa shape index (κ3) is 2.28. The number of ether oxygens (including phenoxy) is 2. The Morgan fingerprint density at radius 3 is 2.60 bits per heavy atom. The van der Waals surface area contributed by atoms with Gasteiger partial charge in [-0.1, -0.05) is 18.2 Å². The highest BCUT2D eigenvalue weighted by molar-refractivity contribution is 5.82. The van der Waals surface area contributed by atoms with Crippen molar-refractivity contribution in [2.45, 2.75) is 6.10 Å². The molecule has 0 amide bonds. The van der Waals surface area contributed by atoms with Gasteiger partial charge in [0.05, 0.1) is 6.61 Å². The van der Waals surface area contributed by atoms with E-state index in [1.165, 1.54) is 0 Å². The Labute approximate surface area is 116 Å². The smallest absolute Gasteiger partial charge is 0.135 e. The van der Waals surface area contributed by atoms with Crippen molar-refractivity contribution in [1.29, 1.82) is 0 Å². The monoisotopic (exact) mass is 266 g/mol. The summed E-state index contributed by atoms with van der Waals surface area (Å²) in [7, 11) is 0. The van der Waals surface area contributed by atoms with E-state index in [4.69, 9.17) is 13.9 Å². The van der Waals surface area contributed by atoms with Crippen LogP contribution in [0.15, 0.2) is 59.0 Å². The molecule has 3 aromatic rings. The molecule has 1 aromatic heterocycles. The zero-order valence-corrected chi connectivity index (χ0v) is 10.9. The van der Waals surface area contributed by atoms with Crippen LogP contribution in [-0.2, 0) is 4.74 Å². The third-order valence-electron chi connectivity index (χ3n) is 3.40. The molecule has 1 unspecified atom stereocenters. The maximum absolute atomic E-state index is 5.84. The molecule has 1 aliphatic rings. The van der Waals surface area contributed by atoms with Crippen molar-refractivity contribution >= 4 is 11.0 Å². The lowest BCUT2D eigenvalue weighted by Crippen LogP contribution is -2.03. The standard InChI is InChI=1S/C17H14O3/c1-2-4-16-13(3-1)9-17(20-16)12-5-7-14(8-6-12)18-10-15-11-19-15/h1-9,15H,10-11H2. The second-order valence-electron chi connectivity index (χ2n) is 4.94. The van der Waals surface area contributed by atoms with Crippen molar-refractivity contribution in [2.24, 2.45) is 0 Å². The maximum atomic E-state index is 5.84. The molecule has 4 rings (SSSR count). The van der Waals surface area contributed by atoms with E-state index in [2.05, 4.69) is 12.1 Å². The van der Waals surface area contributed by atoms with E-state index in [-0.39, 0.29) is 6.10 Å². The van der Waals surface area contributed by atoms with E-state index < -0.39 is 0 Å². The molecule has 0 bridgehead atoms. The second-order valence-corrected chi connectivity index (χ2v) is 4.94. The lowest BCUT2D eigenvalue weighted by atomic mass is 10.1. The molecule has 1 saturated heterocycles. The summed E-state index contributed by atoms with van der Waals surface area (Å²) < 4.78 is 16.6. The third-order valence-corrected chi connectivity index (χ3v) is 3.40. The number of hydrogen-bond acceptors (Lipinski definition) is 3. The molecular weight excluding hydrogens is 252 g/mol. The molecule has 2 heterocycles. The Hall–Kier alpha value is -2.26. The minimum absolute atomic E-state index is 0.282. The predicted octanol–water partition coefficient (Wildman–Crippen LogP) is 3.88. The SMILES string of the molecule is c1ccc2oc(-c3ccc(OCC4CO4)cc3)cc2c1. The van der Waals surface area contributed by atoms with Gasteiger partial charge in [-0.05, 0) is 36.4 Å². The van der Waals surface area contributed by atoms with Crippen LogP contribution >= 0.6 is 0 Å². The van der Waals surface area contributed by atoms with Crippen molar-refractivity contribution in [3.05, 3.63) is 54.6 Å². The van der Waals surface area contributed by atoms with Crippen LogP contribution in [-0.4, -0.2) is 19.3 Å². The van der Waals surface area contributed by atoms with Crippen LogP contribution in [0, 0.1) is 0 Å². The first-order valence-electron chi connectivity index (χ1n) is 6.72. The first kappa shape index (κ1) is 11.6. The Kier molecular flexibility index (Phi) is 2.71. The van der Waals surface area contributed by atoms with Crippen LogP contribution in [0.4, 0.5) is 0 Å². The molecule has 0 N–H and O–H groups in total. The number of para-hydroxylation sites is 1. The summed E-state index contributed by atoms with van der Waals surface area (Å²) in [6.07, 6.45) is 0.282. The van der Waals surface area contributed by atoms with Gasteiger partial charge in [0.1, 0.15) is 29.8 Å². The molecule has 3 heteroatoms. The van der Waals surface area contributed by atoms with Crippen molar-refractivity contribution in [3.8, 4) is 17.1 Å². The van der Waals surface area contributed by atoms with Gasteiger partial charge in [0, 0.05) is 10.9 Å². The molecule has 3 nitrogen and oxygen atoms in total. The zero-order valence-electron chi connectivity index (χ0n) is 10.9. The average molecular weight is 266 g/mol. The number of hydrogen-bond donors (Lipinski definition) is 0. The molecule has 0 saturated carbocycles. The van der Waals surface area contributed by atoms with Gasteiger partial charge in [-0.3, -0.25) is 0 Å². The van der Waals surface area contributed by atoms with Crippen LogP contribution in [0.3, 0.4) is 0 Å². The van der Waals surface area contributed by atoms with Gasteiger partial charge < -0.3 is 13.9 Å². The van der Waals surface area contributed by atoms with E-state index in [0.29, 0.717) is 6.61 Å². The first-order chi connectivity index (χ1) is 9.88. The van der Waals surface area contributed by atoms with Crippen molar-refractivity contribution in [3.63, 3.8) is 0 Å². The highest BCUT2D eigenvalue weighted by Gasteiger charge is 2.22. The molecule has 0 radical (unpaired) electrons. The molecule has 1 atom stereocenters. The lowest BCUT2D eigenvalue weighted by molar-refractivity contribution is 0.263. The fourth-order valence-corrected chi connectivity index (χ4v) is 2.19. The van der Waals surface area contributed by atoms with Crippen LogP contribution in [0.1, 0.15) is 0 Å². The number of benzene rings is 2.